The van der Waals surface area contributed by atoms with Gasteiger partial charge in [0.1, 0.15) is 0 Å². The lowest BCUT2D eigenvalue weighted by Crippen LogP contribution is -2.34. The lowest BCUT2D eigenvalue weighted by atomic mass is 10.2. The standard InChI is InChI=1S/C9H21NO/c1-6-9(11-5)7-10(4)8(2)3/h8-9H,6-7H2,1-5H3. The van der Waals surface area contributed by atoms with Gasteiger partial charge in [-0.1, -0.05) is 6.92 Å². The van der Waals surface area contributed by atoms with Crippen LogP contribution in [0.15, 0.2) is 0 Å². The van der Waals surface area contributed by atoms with Crippen molar-refractivity contribution in [2.24, 2.45) is 0 Å². The van der Waals surface area contributed by atoms with E-state index >= 15 is 0 Å². The predicted molar refractivity (Wildman–Crippen MR) is 48.9 cm³/mol. The van der Waals surface area contributed by atoms with Crippen LogP contribution in [0.25, 0.3) is 0 Å². The normalized spacial score (nSPS) is 14.5. The number of nitrogens with zero attached hydrogens (tertiary/aromatic N) is 1. The van der Waals surface area contributed by atoms with E-state index in [-0.39, 0.29) is 0 Å². The fourth-order valence-corrected chi connectivity index (χ4v) is 0.902. The molecule has 0 N–H and O–H groups in total. The third kappa shape index (κ3) is 4.38. The first-order valence-electron chi connectivity index (χ1n) is 4.34. The van der Waals surface area contributed by atoms with E-state index in [1.54, 1.807) is 7.11 Å². The summed E-state index contributed by atoms with van der Waals surface area (Å²) in [5, 5.41) is 0. The van der Waals surface area contributed by atoms with E-state index in [0.29, 0.717) is 12.1 Å². The van der Waals surface area contributed by atoms with Crippen molar-refractivity contribution in [3.05, 3.63) is 0 Å². The summed E-state index contributed by atoms with van der Waals surface area (Å²) in [6.07, 6.45) is 1.48. The van der Waals surface area contributed by atoms with Crippen molar-refractivity contribution in [1.29, 1.82) is 0 Å². The maximum absolute atomic E-state index is 5.28. The lowest BCUT2D eigenvalue weighted by molar-refractivity contribution is 0.0609. The van der Waals surface area contributed by atoms with E-state index in [4.69, 9.17) is 4.74 Å². The van der Waals surface area contributed by atoms with E-state index in [0.717, 1.165) is 13.0 Å². The third-order valence-electron chi connectivity index (χ3n) is 2.16. The van der Waals surface area contributed by atoms with Crippen molar-refractivity contribution in [3.8, 4) is 0 Å². The second-order valence-electron chi connectivity index (χ2n) is 3.30. The number of likely N-dealkylation sites (N-methyl/N-ethyl adjacent to an activating group) is 1. The first kappa shape index (κ1) is 10.9. The monoisotopic (exact) mass is 159 g/mol. The van der Waals surface area contributed by atoms with Crippen LogP contribution in [-0.2, 0) is 4.74 Å². The molecule has 0 spiro atoms. The van der Waals surface area contributed by atoms with Crippen LogP contribution in [0.3, 0.4) is 0 Å². The van der Waals surface area contributed by atoms with Gasteiger partial charge in [-0.05, 0) is 27.3 Å². The molecule has 0 aliphatic heterocycles. The number of hydrogen-bond donors (Lipinski definition) is 0. The molecular formula is C9H21NO. The zero-order valence-electron chi connectivity index (χ0n) is 8.42. The van der Waals surface area contributed by atoms with Gasteiger partial charge in [-0.3, -0.25) is 0 Å². The molecule has 0 aromatic rings. The summed E-state index contributed by atoms with van der Waals surface area (Å²) >= 11 is 0. The van der Waals surface area contributed by atoms with E-state index < -0.39 is 0 Å². The van der Waals surface area contributed by atoms with Crippen LogP contribution in [0, 0.1) is 0 Å². The summed E-state index contributed by atoms with van der Waals surface area (Å²) in [5.74, 6) is 0. The molecule has 0 saturated heterocycles. The highest BCUT2D eigenvalue weighted by Crippen LogP contribution is 2.01. The van der Waals surface area contributed by atoms with Crippen LogP contribution in [0.4, 0.5) is 0 Å². The van der Waals surface area contributed by atoms with Crippen LogP contribution in [0.2, 0.25) is 0 Å². The Kier molecular flexibility index (Phi) is 5.51. The molecule has 2 heteroatoms. The Hall–Kier alpha value is -0.0800. The highest BCUT2D eigenvalue weighted by molar-refractivity contribution is 4.63. The van der Waals surface area contributed by atoms with Gasteiger partial charge in [0, 0.05) is 19.7 Å². The summed E-state index contributed by atoms with van der Waals surface area (Å²) < 4.78 is 5.28. The van der Waals surface area contributed by atoms with Crippen molar-refractivity contribution in [1.82, 2.24) is 4.90 Å². The van der Waals surface area contributed by atoms with Gasteiger partial charge in [-0.25, -0.2) is 0 Å². The van der Waals surface area contributed by atoms with Crippen molar-refractivity contribution >= 4 is 0 Å². The SMILES string of the molecule is CCC(CN(C)C(C)C)OC. The van der Waals surface area contributed by atoms with Gasteiger partial charge in [0.05, 0.1) is 6.10 Å². The summed E-state index contributed by atoms with van der Waals surface area (Å²) in [6, 6.07) is 0.610. The number of methoxy groups -OCH3 is 1. The van der Waals surface area contributed by atoms with Crippen molar-refractivity contribution < 1.29 is 4.74 Å². The summed E-state index contributed by atoms with van der Waals surface area (Å²) in [4.78, 5) is 2.30. The van der Waals surface area contributed by atoms with Crippen molar-refractivity contribution in [3.63, 3.8) is 0 Å². The zero-order chi connectivity index (χ0) is 8.85. The highest BCUT2D eigenvalue weighted by Gasteiger charge is 2.09. The lowest BCUT2D eigenvalue weighted by Gasteiger charge is -2.25. The summed E-state index contributed by atoms with van der Waals surface area (Å²) in [6.45, 7) is 7.58. The van der Waals surface area contributed by atoms with Crippen molar-refractivity contribution in [2.75, 3.05) is 20.7 Å². The third-order valence-corrected chi connectivity index (χ3v) is 2.16. The van der Waals surface area contributed by atoms with E-state index in [1.165, 1.54) is 0 Å². The minimum Gasteiger partial charge on any atom is -0.380 e. The molecule has 0 aliphatic rings. The summed E-state index contributed by atoms with van der Waals surface area (Å²) in [7, 11) is 3.91. The topological polar surface area (TPSA) is 12.5 Å². The van der Waals surface area contributed by atoms with Gasteiger partial charge < -0.3 is 9.64 Å². The van der Waals surface area contributed by atoms with E-state index in [9.17, 15) is 0 Å². The van der Waals surface area contributed by atoms with Gasteiger partial charge in [-0.2, -0.15) is 0 Å². The predicted octanol–water partition coefficient (Wildman–Crippen LogP) is 1.75. The molecular weight excluding hydrogens is 138 g/mol. The summed E-state index contributed by atoms with van der Waals surface area (Å²) in [5.41, 5.74) is 0. The first-order valence-corrected chi connectivity index (χ1v) is 4.34. The molecule has 1 unspecified atom stereocenters. The van der Waals surface area contributed by atoms with Crippen LogP contribution in [0.5, 0.6) is 0 Å². The molecule has 0 rings (SSSR count). The minimum absolute atomic E-state index is 0.391. The van der Waals surface area contributed by atoms with Gasteiger partial charge in [-0.15, -0.1) is 0 Å². The fraction of sp³-hybridized carbons (Fsp3) is 1.00. The maximum Gasteiger partial charge on any atom is 0.0695 e. The van der Waals surface area contributed by atoms with Gasteiger partial charge in [0.2, 0.25) is 0 Å². The number of ether oxygens (including phenoxy) is 1. The van der Waals surface area contributed by atoms with Crippen LogP contribution < -0.4 is 0 Å². The van der Waals surface area contributed by atoms with Gasteiger partial charge >= 0.3 is 0 Å². The smallest absolute Gasteiger partial charge is 0.0695 e. The molecule has 0 amide bonds. The molecule has 2 nitrogen and oxygen atoms in total. The largest absolute Gasteiger partial charge is 0.380 e. The second kappa shape index (κ2) is 5.56. The molecule has 0 heterocycles. The van der Waals surface area contributed by atoms with Crippen molar-refractivity contribution in [2.45, 2.75) is 39.3 Å². The van der Waals surface area contributed by atoms with Crippen LogP contribution in [-0.4, -0.2) is 37.7 Å². The Morgan fingerprint density at radius 1 is 1.36 bits per heavy atom. The van der Waals surface area contributed by atoms with Gasteiger partial charge in [0.25, 0.3) is 0 Å². The minimum atomic E-state index is 0.391. The highest BCUT2D eigenvalue weighted by atomic mass is 16.5. The molecule has 0 aliphatic carbocycles. The Labute approximate surface area is 70.5 Å². The molecule has 0 saturated carbocycles. The van der Waals surface area contributed by atoms with E-state index in [2.05, 4.69) is 32.7 Å². The number of hydrogen-bond acceptors (Lipinski definition) is 2. The molecule has 11 heavy (non-hydrogen) atoms. The average Bonchev–Trinajstić information content (AvgIpc) is 1.99. The second-order valence-corrected chi connectivity index (χ2v) is 3.30. The first-order chi connectivity index (χ1) is 5.11. The van der Waals surface area contributed by atoms with E-state index in [1.807, 2.05) is 0 Å². The quantitative estimate of drug-likeness (QED) is 0.606. The zero-order valence-corrected chi connectivity index (χ0v) is 8.42. The van der Waals surface area contributed by atoms with Crippen LogP contribution in [0.1, 0.15) is 27.2 Å². The molecule has 0 fully saturated rings. The maximum atomic E-state index is 5.28. The molecule has 0 bridgehead atoms. The molecule has 0 aromatic heterocycles. The molecule has 1 atom stereocenters. The number of rotatable bonds is 5. The Bertz CT molecular complexity index is 89.6. The molecule has 0 radical (unpaired) electrons. The van der Waals surface area contributed by atoms with Crippen LogP contribution >= 0.6 is 0 Å². The molecule has 0 aromatic carbocycles. The van der Waals surface area contributed by atoms with Gasteiger partial charge in [0.15, 0.2) is 0 Å². The Morgan fingerprint density at radius 3 is 2.18 bits per heavy atom. The fourth-order valence-electron chi connectivity index (χ4n) is 0.902. The Balaban J connectivity index is 3.62. The molecule has 68 valence electrons. The Morgan fingerprint density at radius 2 is 1.91 bits per heavy atom. The average molecular weight is 159 g/mol.